The first-order valence-electron chi connectivity index (χ1n) is 9.89. The van der Waals surface area contributed by atoms with Gasteiger partial charge in [-0.05, 0) is 62.2 Å². The van der Waals surface area contributed by atoms with E-state index in [1.54, 1.807) is 11.1 Å². The molecule has 0 heterocycles. The van der Waals surface area contributed by atoms with Gasteiger partial charge in [0, 0.05) is 31.8 Å². The second-order valence-corrected chi connectivity index (χ2v) is 9.83. The molecular weight excluding hydrogens is 312 g/mol. The third-order valence-electron chi connectivity index (χ3n) is 6.47. The quantitative estimate of drug-likeness (QED) is 0.482. The van der Waals surface area contributed by atoms with Gasteiger partial charge in [0.05, 0.1) is 5.57 Å². The number of fused-ring (bicyclic) bond motifs is 2. The van der Waals surface area contributed by atoms with E-state index in [-0.39, 0.29) is 17.7 Å². The Morgan fingerprint density at radius 2 is 1.60 bits per heavy atom. The lowest BCUT2D eigenvalue weighted by atomic mass is 9.77. The summed E-state index contributed by atoms with van der Waals surface area (Å²) in [6.07, 6.45) is 9.35. The van der Waals surface area contributed by atoms with Crippen LogP contribution in [0.2, 0.25) is 0 Å². The SMILES string of the molecule is CN(C)/C=C(\C(=O)NC1CCC2CC3CC2CC1C3)C(=O)C(C)(C)C. The van der Waals surface area contributed by atoms with Crippen LogP contribution in [0.25, 0.3) is 0 Å². The number of carbonyl (C=O) groups excluding carboxylic acids is 2. The molecule has 0 radical (unpaired) electrons. The van der Waals surface area contributed by atoms with Crippen molar-refractivity contribution in [3.8, 4) is 0 Å². The molecule has 3 aliphatic rings. The van der Waals surface area contributed by atoms with Crippen LogP contribution in [0.3, 0.4) is 0 Å². The largest absolute Gasteiger partial charge is 0.383 e. The van der Waals surface area contributed by atoms with Gasteiger partial charge in [-0.1, -0.05) is 20.8 Å². The Kier molecular flexibility index (Phi) is 5.00. The van der Waals surface area contributed by atoms with Gasteiger partial charge in [0.25, 0.3) is 5.91 Å². The molecule has 140 valence electrons. The molecule has 1 N–H and O–H groups in total. The molecule has 0 saturated heterocycles. The van der Waals surface area contributed by atoms with Crippen LogP contribution in [0, 0.1) is 29.1 Å². The summed E-state index contributed by atoms with van der Waals surface area (Å²) < 4.78 is 0. The highest BCUT2D eigenvalue weighted by Gasteiger charge is 2.46. The summed E-state index contributed by atoms with van der Waals surface area (Å²) in [6, 6.07) is 0.237. The lowest BCUT2D eigenvalue weighted by Gasteiger charge is -2.33. The molecule has 3 saturated carbocycles. The van der Waals surface area contributed by atoms with E-state index in [9.17, 15) is 9.59 Å². The zero-order chi connectivity index (χ0) is 18.4. The molecule has 0 aromatic carbocycles. The summed E-state index contributed by atoms with van der Waals surface area (Å²) in [7, 11) is 3.71. The van der Waals surface area contributed by atoms with Gasteiger partial charge in [-0.15, -0.1) is 0 Å². The number of hydrogen-bond donors (Lipinski definition) is 1. The molecule has 25 heavy (non-hydrogen) atoms. The summed E-state index contributed by atoms with van der Waals surface area (Å²) in [5.41, 5.74) is -0.264. The minimum atomic E-state index is -0.555. The zero-order valence-electron chi connectivity index (χ0n) is 16.5. The maximum Gasteiger partial charge on any atom is 0.256 e. The van der Waals surface area contributed by atoms with Crippen molar-refractivity contribution in [3.63, 3.8) is 0 Å². The highest BCUT2D eigenvalue weighted by Crippen LogP contribution is 2.53. The molecule has 3 fully saturated rings. The van der Waals surface area contributed by atoms with Crippen molar-refractivity contribution >= 4 is 11.7 Å². The van der Waals surface area contributed by atoms with Crippen molar-refractivity contribution in [2.75, 3.05) is 14.1 Å². The van der Waals surface area contributed by atoms with Crippen molar-refractivity contribution in [1.29, 1.82) is 0 Å². The Morgan fingerprint density at radius 1 is 0.960 bits per heavy atom. The number of rotatable bonds is 4. The molecule has 3 bridgehead atoms. The number of hydrogen-bond acceptors (Lipinski definition) is 3. The fraction of sp³-hybridized carbons (Fsp3) is 0.810. The average Bonchev–Trinajstić information content (AvgIpc) is 2.74. The molecule has 0 aromatic rings. The van der Waals surface area contributed by atoms with Crippen molar-refractivity contribution in [3.05, 3.63) is 11.8 Å². The molecular formula is C21H34N2O2. The summed E-state index contributed by atoms with van der Waals surface area (Å²) in [5, 5.41) is 3.26. The van der Waals surface area contributed by atoms with Crippen molar-refractivity contribution < 1.29 is 9.59 Å². The number of carbonyl (C=O) groups is 2. The molecule has 0 aromatic heterocycles. The molecule has 0 spiro atoms. The number of Topliss-reactive ketones (excluding diaryl/α,β-unsaturated/α-hetero) is 1. The van der Waals surface area contributed by atoms with Crippen LogP contribution >= 0.6 is 0 Å². The summed E-state index contributed by atoms with van der Waals surface area (Å²) in [5.74, 6) is 2.98. The lowest BCUT2D eigenvalue weighted by molar-refractivity contribution is -0.127. The molecule has 5 atom stereocenters. The first-order valence-corrected chi connectivity index (χ1v) is 9.89. The lowest BCUT2D eigenvalue weighted by Crippen LogP contribution is -2.44. The van der Waals surface area contributed by atoms with Crippen molar-refractivity contribution in [2.45, 2.75) is 65.3 Å². The van der Waals surface area contributed by atoms with Crippen LogP contribution in [0.1, 0.15) is 59.3 Å². The van der Waals surface area contributed by atoms with Gasteiger partial charge in [-0.3, -0.25) is 9.59 Å². The maximum atomic E-state index is 13.0. The fourth-order valence-electron chi connectivity index (χ4n) is 5.36. The first-order chi connectivity index (χ1) is 11.6. The van der Waals surface area contributed by atoms with Crippen LogP contribution in [0.15, 0.2) is 11.8 Å². The van der Waals surface area contributed by atoms with E-state index in [0.717, 1.165) is 24.2 Å². The van der Waals surface area contributed by atoms with Gasteiger partial charge < -0.3 is 10.2 Å². The minimum Gasteiger partial charge on any atom is -0.383 e. The third-order valence-corrected chi connectivity index (χ3v) is 6.47. The summed E-state index contributed by atoms with van der Waals surface area (Å²) >= 11 is 0. The van der Waals surface area contributed by atoms with Gasteiger partial charge in [0.15, 0.2) is 5.78 Å². The van der Waals surface area contributed by atoms with Crippen LogP contribution < -0.4 is 5.32 Å². The van der Waals surface area contributed by atoms with Gasteiger partial charge in [-0.2, -0.15) is 0 Å². The topological polar surface area (TPSA) is 49.4 Å². The Bertz CT molecular complexity index is 573. The standard InChI is InChI=1S/C21H34N2O2/c1-21(2,3)19(24)17(12-23(4)5)20(25)22-18-7-6-14-8-13-9-15(14)11-16(18)10-13/h12-16,18H,6-11H2,1-5H3,(H,22,25)/b17-12-. The zero-order valence-corrected chi connectivity index (χ0v) is 16.5. The molecule has 1 amide bonds. The van der Waals surface area contributed by atoms with E-state index in [0.29, 0.717) is 11.5 Å². The van der Waals surface area contributed by atoms with Crippen LogP contribution in [0.5, 0.6) is 0 Å². The van der Waals surface area contributed by atoms with Crippen LogP contribution in [0.4, 0.5) is 0 Å². The Balaban J connectivity index is 1.74. The highest BCUT2D eigenvalue weighted by molar-refractivity contribution is 6.20. The molecule has 4 heteroatoms. The summed E-state index contributed by atoms with van der Waals surface area (Å²) in [6.45, 7) is 5.62. The molecule has 0 aliphatic heterocycles. The highest BCUT2D eigenvalue weighted by atomic mass is 16.2. The van der Waals surface area contributed by atoms with E-state index in [2.05, 4.69) is 5.32 Å². The van der Waals surface area contributed by atoms with Crippen molar-refractivity contribution in [2.24, 2.45) is 29.1 Å². The minimum absolute atomic E-state index is 0.0864. The Morgan fingerprint density at radius 3 is 2.24 bits per heavy atom. The maximum absolute atomic E-state index is 13.0. The number of nitrogens with one attached hydrogen (secondary N) is 1. The van der Waals surface area contributed by atoms with E-state index >= 15 is 0 Å². The number of ketones is 1. The monoisotopic (exact) mass is 346 g/mol. The first kappa shape index (κ1) is 18.5. The van der Waals surface area contributed by atoms with E-state index in [1.807, 2.05) is 34.9 Å². The molecule has 3 rings (SSSR count). The van der Waals surface area contributed by atoms with Crippen LogP contribution in [-0.2, 0) is 9.59 Å². The predicted octanol–water partition coefficient (Wildman–Crippen LogP) is 3.38. The number of nitrogens with zero attached hydrogens (tertiary/aromatic N) is 1. The van der Waals surface area contributed by atoms with Crippen molar-refractivity contribution in [1.82, 2.24) is 10.2 Å². The van der Waals surface area contributed by atoms with Crippen LogP contribution in [-0.4, -0.2) is 36.7 Å². The average molecular weight is 347 g/mol. The van der Waals surface area contributed by atoms with Gasteiger partial charge in [-0.25, -0.2) is 0 Å². The predicted molar refractivity (Wildman–Crippen MR) is 99.8 cm³/mol. The second kappa shape index (κ2) is 6.77. The Hall–Kier alpha value is -1.32. The van der Waals surface area contributed by atoms with Gasteiger partial charge in [0.1, 0.15) is 0 Å². The van der Waals surface area contributed by atoms with E-state index in [4.69, 9.17) is 0 Å². The van der Waals surface area contributed by atoms with Gasteiger partial charge in [0.2, 0.25) is 0 Å². The number of amides is 1. The van der Waals surface area contributed by atoms with E-state index in [1.165, 1.54) is 32.1 Å². The van der Waals surface area contributed by atoms with E-state index < -0.39 is 5.41 Å². The smallest absolute Gasteiger partial charge is 0.256 e. The van der Waals surface area contributed by atoms with Gasteiger partial charge >= 0.3 is 0 Å². The third kappa shape index (κ3) is 3.93. The Labute approximate surface area is 152 Å². The fourth-order valence-corrected chi connectivity index (χ4v) is 5.36. The molecule has 4 nitrogen and oxygen atoms in total. The normalized spacial score (nSPS) is 34.6. The second-order valence-electron chi connectivity index (χ2n) is 9.83. The molecule has 3 aliphatic carbocycles. The molecule has 5 unspecified atom stereocenters. The summed E-state index contributed by atoms with van der Waals surface area (Å²) in [4.78, 5) is 27.5.